The van der Waals surface area contributed by atoms with E-state index >= 15 is 0 Å². The summed E-state index contributed by atoms with van der Waals surface area (Å²) in [5.74, 6) is 0.463. The van der Waals surface area contributed by atoms with Crippen molar-refractivity contribution in [3.8, 4) is 0 Å². The fourth-order valence-electron chi connectivity index (χ4n) is 3.64. The van der Waals surface area contributed by atoms with Crippen molar-refractivity contribution < 1.29 is 0 Å². The molecule has 0 radical (unpaired) electrons. The number of nitrogens with zero attached hydrogens (tertiary/aromatic N) is 5. The lowest BCUT2D eigenvalue weighted by atomic mass is 10.1. The van der Waals surface area contributed by atoms with Crippen LogP contribution in [-0.2, 0) is 13.0 Å². The molecule has 5 rings (SSSR count). The summed E-state index contributed by atoms with van der Waals surface area (Å²) in [5, 5.41) is 7.73. The van der Waals surface area contributed by atoms with Crippen molar-refractivity contribution in [3.63, 3.8) is 0 Å². The number of halogens is 1. The molecule has 0 saturated heterocycles. The van der Waals surface area contributed by atoms with Crippen LogP contribution in [0.2, 0.25) is 0 Å². The lowest BCUT2D eigenvalue weighted by molar-refractivity contribution is 0.686. The Balaban J connectivity index is 1.60. The molecule has 0 aliphatic rings. The Morgan fingerprint density at radius 3 is 2.53 bits per heavy atom. The summed E-state index contributed by atoms with van der Waals surface area (Å²) in [6.07, 6.45) is 5.95. The smallest absolute Gasteiger partial charge is 0.252 e. The van der Waals surface area contributed by atoms with Gasteiger partial charge in [0.2, 0.25) is 5.95 Å². The zero-order valence-corrected chi connectivity index (χ0v) is 18.6. The maximum absolute atomic E-state index is 12.8. The highest BCUT2D eigenvalue weighted by Gasteiger charge is 2.17. The van der Waals surface area contributed by atoms with Gasteiger partial charge in [0.1, 0.15) is 5.65 Å². The number of aromatic nitrogens is 5. The van der Waals surface area contributed by atoms with Gasteiger partial charge in [-0.15, -0.1) is 0 Å². The molecule has 0 atom stereocenters. The number of para-hydroxylation sites is 1. The van der Waals surface area contributed by atoms with Crippen molar-refractivity contribution in [1.82, 2.24) is 24.7 Å². The molecule has 3 aromatic heterocycles. The molecule has 0 amide bonds. The van der Waals surface area contributed by atoms with Gasteiger partial charge >= 0.3 is 0 Å². The Morgan fingerprint density at radius 2 is 1.75 bits per heavy atom. The van der Waals surface area contributed by atoms with E-state index in [1.165, 1.54) is 0 Å². The molecule has 0 unspecified atom stereocenters. The molecule has 8 heteroatoms. The van der Waals surface area contributed by atoms with E-state index in [1.807, 2.05) is 53.4 Å². The van der Waals surface area contributed by atoms with Crippen LogP contribution < -0.4 is 10.5 Å². The SMILES string of the molecule is O=c1ccc2cnc(N(c3ccccc3)c3cn[nH]c3)nc2n1CCc1ccccc1Br. The number of pyridine rings is 1. The third-order valence-corrected chi connectivity index (χ3v) is 6.00. The largest absolute Gasteiger partial charge is 0.292 e. The number of fused-ring (bicyclic) bond motifs is 1. The maximum atomic E-state index is 12.8. The first kappa shape index (κ1) is 20.1. The summed E-state index contributed by atoms with van der Waals surface area (Å²) in [6, 6.07) is 21.2. The molecule has 0 spiro atoms. The van der Waals surface area contributed by atoms with Crippen molar-refractivity contribution in [3.05, 3.63) is 106 Å². The van der Waals surface area contributed by atoms with Gasteiger partial charge in [-0.25, -0.2) is 4.98 Å². The molecule has 0 saturated carbocycles. The summed E-state index contributed by atoms with van der Waals surface area (Å²) in [6.45, 7) is 0.506. The Labute approximate surface area is 192 Å². The van der Waals surface area contributed by atoms with Crippen LogP contribution in [-0.4, -0.2) is 24.7 Å². The molecule has 32 heavy (non-hydrogen) atoms. The Bertz CT molecular complexity index is 1420. The normalized spacial score (nSPS) is 11.0. The molecular formula is C24H19BrN6O. The van der Waals surface area contributed by atoms with Crippen LogP contribution in [0.25, 0.3) is 11.0 Å². The molecule has 0 bridgehead atoms. The van der Waals surface area contributed by atoms with Crippen LogP contribution in [0.4, 0.5) is 17.3 Å². The number of H-pyrrole nitrogens is 1. The minimum atomic E-state index is -0.0937. The maximum Gasteiger partial charge on any atom is 0.252 e. The van der Waals surface area contributed by atoms with Gasteiger partial charge in [0.25, 0.3) is 5.56 Å². The van der Waals surface area contributed by atoms with Gasteiger partial charge in [-0.2, -0.15) is 10.1 Å². The van der Waals surface area contributed by atoms with Gasteiger partial charge in [-0.05, 0) is 36.2 Å². The second-order valence-electron chi connectivity index (χ2n) is 7.24. The van der Waals surface area contributed by atoms with Gasteiger partial charge < -0.3 is 0 Å². The number of hydrogen-bond donors (Lipinski definition) is 1. The van der Waals surface area contributed by atoms with Crippen LogP contribution in [0.1, 0.15) is 5.56 Å². The Hall–Kier alpha value is -3.78. The second-order valence-corrected chi connectivity index (χ2v) is 8.10. The molecule has 0 fully saturated rings. The monoisotopic (exact) mass is 486 g/mol. The topological polar surface area (TPSA) is 79.7 Å². The molecule has 3 heterocycles. The van der Waals surface area contributed by atoms with Gasteiger partial charge in [0.15, 0.2) is 0 Å². The number of hydrogen-bond acceptors (Lipinski definition) is 5. The minimum Gasteiger partial charge on any atom is -0.292 e. The van der Waals surface area contributed by atoms with Crippen molar-refractivity contribution in [2.45, 2.75) is 13.0 Å². The third kappa shape index (κ3) is 3.92. The van der Waals surface area contributed by atoms with Crippen molar-refractivity contribution in [1.29, 1.82) is 0 Å². The average molecular weight is 487 g/mol. The van der Waals surface area contributed by atoms with E-state index in [-0.39, 0.29) is 5.56 Å². The van der Waals surface area contributed by atoms with E-state index in [0.29, 0.717) is 24.6 Å². The fourth-order valence-corrected chi connectivity index (χ4v) is 4.13. The molecule has 0 aliphatic carbocycles. The summed E-state index contributed by atoms with van der Waals surface area (Å²) in [5.41, 5.74) is 3.33. The van der Waals surface area contributed by atoms with E-state index in [4.69, 9.17) is 4.98 Å². The van der Waals surface area contributed by atoms with Crippen LogP contribution in [0.5, 0.6) is 0 Å². The van der Waals surface area contributed by atoms with Crippen LogP contribution in [0, 0.1) is 0 Å². The van der Waals surface area contributed by atoms with Crippen LogP contribution in [0.15, 0.2) is 94.6 Å². The zero-order valence-electron chi connectivity index (χ0n) is 17.0. The van der Waals surface area contributed by atoms with Gasteiger partial charge in [0, 0.05) is 40.6 Å². The van der Waals surface area contributed by atoms with Gasteiger partial charge in [-0.1, -0.05) is 52.3 Å². The van der Waals surface area contributed by atoms with Gasteiger partial charge in [-0.3, -0.25) is 19.4 Å². The molecular weight excluding hydrogens is 468 g/mol. The van der Waals surface area contributed by atoms with Crippen molar-refractivity contribution in [2.75, 3.05) is 4.90 Å². The lowest BCUT2D eigenvalue weighted by Gasteiger charge is -2.21. The zero-order chi connectivity index (χ0) is 21.9. The molecule has 2 aromatic carbocycles. The van der Waals surface area contributed by atoms with Crippen LogP contribution in [0.3, 0.4) is 0 Å². The number of benzene rings is 2. The summed E-state index contributed by atoms with van der Waals surface area (Å²) in [7, 11) is 0. The number of aryl methyl sites for hydroxylation is 2. The van der Waals surface area contributed by atoms with E-state index in [9.17, 15) is 4.79 Å². The van der Waals surface area contributed by atoms with E-state index in [0.717, 1.165) is 26.8 Å². The van der Waals surface area contributed by atoms with E-state index in [2.05, 4.69) is 37.2 Å². The standard InChI is InChI=1S/C24H19BrN6O/c25-21-9-5-4-6-17(21)12-13-30-22(32)11-10-18-14-26-24(29-23(18)30)31(20-15-27-28-16-20)19-7-2-1-3-8-19/h1-11,14-16H,12-13H2,(H,27,28). The summed E-state index contributed by atoms with van der Waals surface area (Å²) in [4.78, 5) is 24.1. The quantitative estimate of drug-likeness (QED) is 0.365. The number of anilines is 3. The molecule has 5 aromatic rings. The number of nitrogens with one attached hydrogen (secondary N) is 1. The first-order valence-electron chi connectivity index (χ1n) is 10.1. The highest BCUT2D eigenvalue weighted by atomic mass is 79.9. The van der Waals surface area contributed by atoms with E-state index in [1.54, 1.807) is 35.3 Å². The molecule has 1 N–H and O–H groups in total. The first-order valence-corrected chi connectivity index (χ1v) is 10.9. The predicted molar refractivity (Wildman–Crippen MR) is 128 cm³/mol. The fraction of sp³-hybridized carbons (Fsp3) is 0.0833. The number of aromatic amines is 1. The predicted octanol–water partition coefficient (Wildman–Crippen LogP) is 4.99. The third-order valence-electron chi connectivity index (χ3n) is 5.23. The Morgan fingerprint density at radius 1 is 0.938 bits per heavy atom. The summed E-state index contributed by atoms with van der Waals surface area (Å²) < 4.78 is 2.73. The highest BCUT2D eigenvalue weighted by Crippen LogP contribution is 2.31. The first-order chi connectivity index (χ1) is 15.7. The molecule has 158 valence electrons. The molecule has 7 nitrogen and oxygen atoms in total. The van der Waals surface area contributed by atoms with Crippen molar-refractivity contribution >= 4 is 44.3 Å². The average Bonchev–Trinajstić information content (AvgIpc) is 3.35. The summed E-state index contributed by atoms with van der Waals surface area (Å²) >= 11 is 3.59. The van der Waals surface area contributed by atoms with Crippen molar-refractivity contribution in [2.24, 2.45) is 0 Å². The minimum absolute atomic E-state index is 0.0937. The highest BCUT2D eigenvalue weighted by molar-refractivity contribution is 9.10. The number of rotatable bonds is 6. The van der Waals surface area contributed by atoms with Crippen LogP contribution >= 0.6 is 15.9 Å². The van der Waals surface area contributed by atoms with E-state index < -0.39 is 0 Å². The van der Waals surface area contributed by atoms with Gasteiger partial charge in [0.05, 0.1) is 11.9 Å². The second kappa shape index (κ2) is 8.76. The Kier molecular flexibility index (Phi) is 5.51. The lowest BCUT2D eigenvalue weighted by Crippen LogP contribution is -2.22. The molecule has 0 aliphatic heterocycles.